The monoisotopic (exact) mass is 265 g/mol. The first kappa shape index (κ1) is 14.1. The Balaban J connectivity index is 2.28. The smallest absolute Gasteiger partial charge is 0.0992 e. The quantitative estimate of drug-likeness (QED) is 0.865. The molecule has 0 aliphatic carbocycles. The Hall–Kier alpha value is -2.31. The number of hydrogen-bond acceptors (Lipinski definition) is 3. The maximum absolute atomic E-state index is 8.87. The van der Waals surface area contributed by atoms with Crippen LogP contribution >= 0.6 is 0 Å². The van der Waals surface area contributed by atoms with Crippen LogP contribution in [0, 0.1) is 11.3 Å². The summed E-state index contributed by atoms with van der Waals surface area (Å²) < 4.78 is 0. The number of nitrogens with two attached hydrogens (primary N) is 1. The molecule has 0 amide bonds. The van der Waals surface area contributed by atoms with E-state index in [-0.39, 0.29) is 0 Å². The van der Waals surface area contributed by atoms with Gasteiger partial charge in [-0.15, -0.1) is 0 Å². The fourth-order valence-electron chi connectivity index (χ4n) is 2.26. The molecule has 102 valence electrons. The molecule has 2 aromatic rings. The Morgan fingerprint density at radius 3 is 2.35 bits per heavy atom. The highest BCUT2D eigenvalue weighted by molar-refractivity contribution is 5.54. The van der Waals surface area contributed by atoms with Gasteiger partial charge in [0.15, 0.2) is 0 Å². The summed E-state index contributed by atoms with van der Waals surface area (Å²) in [7, 11) is 4.12. The Kier molecular flexibility index (Phi) is 4.39. The molecule has 0 radical (unpaired) electrons. The molecule has 0 saturated carbocycles. The minimum atomic E-state index is 0.604. The van der Waals surface area contributed by atoms with Gasteiger partial charge in [-0.1, -0.05) is 30.3 Å². The van der Waals surface area contributed by atoms with Gasteiger partial charge in [0, 0.05) is 12.2 Å². The van der Waals surface area contributed by atoms with Gasteiger partial charge in [0.25, 0.3) is 0 Å². The molecular formula is C17H19N3. The van der Waals surface area contributed by atoms with Crippen LogP contribution in [0.4, 0.5) is 5.69 Å². The van der Waals surface area contributed by atoms with Gasteiger partial charge in [-0.3, -0.25) is 0 Å². The lowest BCUT2D eigenvalue weighted by atomic mass is 9.97. The predicted octanol–water partition coefficient (Wildman–Crippen LogP) is 2.79. The van der Waals surface area contributed by atoms with Gasteiger partial charge in [-0.25, -0.2) is 0 Å². The Morgan fingerprint density at radius 1 is 1.05 bits per heavy atom. The Bertz CT molecular complexity index is 639. The highest BCUT2D eigenvalue weighted by atomic mass is 15.0. The number of nitriles is 1. The predicted molar refractivity (Wildman–Crippen MR) is 82.2 cm³/mol. The number of benzene rings is 2. The maximum Gasteiger partial charge on any atom is 0.0992 e. The van der Waals surface area contributed by atoms with E-state index in [0.29, 0.717) is 11.3 Å². The van der Waals surface area contributed by atoms with Crippen molar-refractivity contribution in [2.45, 2.75) is 13.0 Å². The molecule has 0 unspecified atom stereocenters. The fraction of sp³-hybridized carbons (Fsp3) is 0.235. The second kappa shape index (κ2) is 6.23. The van der Waals surface area contributed by atoms with Crippen molar-refractivity contribution in [1.82, 2.24) is 4.90 Å². The van der Waals surface area contributed by atoms with Crippen molar-refractivity contribution in [2.24, 2.45) is 0 Å². The molecule has 3 heteroatoms. The summed E-state index contributed by atoms with van der Waals surface area (Å²) in [4.78, 5) is 2.15. The van der Waals surface area contributed by atoms with Crippen LogP contribution in [-0.2, 0) is 13.0 Å². The summed E-state index contributed by atoms with van der Waals surface area (Å²) in [5.41, 5.74) is 11.0. The first-order valence-electron chi connectivity index (χ1n) is 6.60. The van der Waals surface area contributed by atoms with E-state index < -0.39 is 0 Å². The zero-order valence-electron chi connectivity index (χ0n) is 11.9. The van der Waals surface area contributed by atoms with Gasteiger partial charge in [0.05, 0.1) is 11.6 Å². The largest absolute Gasteiger partial charge is 0.398 e. The van der Waals surface area contributed by atoms with Crippen LogP contribution in [0.15, 0.2) is 42.5 Å². The number of rotatable bonds is 4. The van der Waals surface area contributed by atoms with E-state index in [9.17, 15) is 0 Å². The van der Waals surface area contributed by atoms with E-state index in [2.05, 4.69) is 43.3 Å². The van der Waals surface area contributed by atoms with Crippen molar-refractivity contribution < 1.29 is 0 Å². The van der Waals surface area contributed by atoms with Crippen LogP contribution in [0.1, 0.15) is 22.3 Å². The van der Waals surface area contributed by atoms with Crippen LogP contribution in [0.2, 0.25) is 0 Å². The molecule has 3 nitrogen and oxygen atoms in total. The number of nitrogen functional groups attached to an aromatic ring is 1. The molecule has 0 saturated heterocycles. The van der Waals surface area contributed by atoms with Gasteiger partial charge in [0.2, 0.25) is 0 Å². The van der Waals surface area contributed by atoms with Crippen molar-refractivity contribution in [3.05, 3.63) is 64.7 Å². The lowest BCUT2D eigenvalue weighted by molar-refractivity contribution is 0.401. The van der Waals surface area contributed by atoms with Crippen LogP contribution in [0.25, 0.3) is 0 Å². The summed E-state index contributed by atoms with van der Waals surface area (Å²) in [6.45, 7) is 0.909. The second-order valence-corrected chi connectivity index (χ2v) is 5.21. The van der Waals surface area contributed by atoms with E-state index in [4.69, 9.17) is 11.0 Å². The highest BCUT2D eigenvalue weighted by Crippen LogP contribution is 2.21. The lowest BCUT2D eigenvalue weighted by Gasteiger charge is -2.15. The van der Waals surface area contributed by atoms with Gasteiger partial charge in [0.1, 0.15) is 0 Å². The normalized spacial score (nSPS) is 10.5. The van der Waals surface area contributed by atoms with Gasteiger partial charge in [-0.2, -0.15) is 5.26 Å². The summed E-state index contributed by atoms with van der Waals surface area (Å²) in [5, 5.41) is 8.87. The van der Waals surface area contributed by atoms with E-state index in [1.807, 2.05) is 18.2 Å². The molecule has 0 heterocycles. The molecule has 20 heavy (non-hydrogen) atoms. The lowest BCUT2D eigenvalue weighted by Crippen LogP contribution is -2.12. The summed E-state index contributed by atoms with van der Waals surface area (Å²) in [6.07, 6.45) is 0.793. The molecule has 2 aromatic carbocycles. The van der Waals surface area contributed by atoms with Crippen molar-refractivity contribution in [2.75, 3.05) is 19.8 Å². The van der Waals surface area contributed by atoms with Crippen LogP contribution < -0.4 is 5.73 Å². The van der Waals surface area contributed by atoms with Crippen LogP contribution in [-0.4, -0.2) is 19.0 Å². The fourth-order valence-corrected chi connectivity index (χ4v) is 2.26. The summed E-state index contributed by atoms with van der Waals surface area (Å²) in [5.74, 6) is 0. The van der Waals surface area contributed by atoms with Crippen molar-refractivity contribution in [3.8, 4) is 6.07 Å². The van der Waals surface area contributed by atoms with Gasteiger partial charge >= 0.3 is 0 Å². The standard InChI is InChI=1S/C17H19N3/c1-20(2)12-16-6-4-3-5-14(16)10-15-8-7-13(11-18)9-17(15)19/h3-9H,10,12,19H2,1-2H3. The molecule has 0 fully saturated rings. The van der Waals surface area contributed by atoms with Gasteiger partial charge in [-0.05, 0) is 49.3 Å². The zero-order valence-corrected chi connectivity index (χ0v) is 11.9. The Morgan fingerprint density at radius 2 is 1.75 bits per heavy atom. The minimum Gasteiger partial charge on any atom is -0.398 e. The molecule has 0 aliphatic heterocycles. The van der Waals surface area contributed by atoms with Crippen LogP contribution in [0.5, 0.6) is 0 Å². The average molecular weight is 265 g/mol. The molecular weight excluding hydrogens is 246 g/mol. The first-order chi connectivity index (χ1) is 9.60. The van der Waals surface area contributed by atoms with Gasteiger partial charge < -0.3 is 10.6 Å². The number of nitrogens with zero attached hydrogens (tertiary/aromatic N) is 2. The molecule has 0 aliphatic rings. The molecule has 2 N–H and O–H groups in total. The topological polar surface area (TPSA) is 53.0 Å². The molecule has 0 bridgehead atoms. The van der Waals surface area contributed by atoms with E-state index in [1.54, 1.807) is 6.07 Å². The molecule has 0 atom stereocenters. The van der Waals surface area contributed by atoms with E-state index >= 15 is 0 Å². The zero-order chi connectivity index (χ0) is 14.5. The van der Waals surface area contributed by atoms with Crippen molar-refractivity contribution >= 4 is 5.69 Å². The molecule has 0 spiro atoms. The first-order valence-corrected chi connectivity index (χ1v) is 6.60. The van der Waals surface area contributed by atoms with Crippen molar-refractivity contribution in [1.29, 1.82) is 5.26 Å². The number of hydrogen-bond donors (Lipinski definition) is 1. The third kappa shape index (κ3) is 3.37. The van der Waals surface area contributed by atoms with E-state index in [1.165, 1.54) is 11.1 Å². The van der Waals surface area contributed by atoms with E-state index in [0.717, 1.165) is 18.5 Å². The Labute approximate surface area is 120 Å². The summed E-state index contributed by atoms with van der Waals surface area (Å²) in [6, 6.07) is 16.0. The summed E-state index contributed by atoms with van der Waals surface area (Å²) >= 11 is 0. The highest BCUT2D eigenvalue weighted by Gasteiger charge is 2.07. The maximum atomic E-state index is 8.87. The minimum absolute atomic E-state index is 0.604. The second-order valence-electron chi connectivity index (χ2n) is 5.21. The van der Waals surface area contributed by atoms with Crippen LogP contribution in [0.3, 0.4) is 0 Å². The average Bonchev–Trinajstić information content (AvgIpc) is 2.42. The SMILES string of the molecule is CN(C)Cc1ccccc1Cc1ccc(C#N)cc1N. The third-order valence-corrected chi connectivity index (χ3v) is 3.26. The number of anilines is 1. The van der Waals surface area contributed by atoms with Crippen molar-refractivity contribution in [3.63, 3.8) is 0 Å². The molecule has 2 rings (SSSR count). The molecule has 0 aromatic heterocycles. The third-order valence-electron chi connectivity index (χ3n) is 3.26.